The first-order valence-electron chi connectivity index (χ1n) is 8.50. The molecule has 1 saturated heterocycles. The van der Waals surface area contributed by atoms with Crippen LogP contribution in [0.4, 0.5) is 5.82 Å². The number of nitrogens with one attached hydrogen (secondary N) is 1. The van der Waals surface area contributed by atoms with Crippen molar-refractivity contribution in [3.05, 3.63) is 39.8 Å². The number of aromatic nitrogens is 4. The van der Waals surface area contributed by atoms with Gasteiger partial charge in [-0.1, -0.05) is 0 Å². The van der Waals surface area contributed by atoms with Gasteiger partial charge in [0.05, 0.1) is 6.20 Å². The average Bonchev–Trinajstić information content (AvgIpc) is 3.15. The van der Waals surface area contributed by atoms with Gasteiger partial charge in [0, 0.05) is 42.9 Å². The maximum absolute atomic E-state index is 12.5. The van der Waals surface area contributed by atoms with Gasteiger partial charge in [0.15, 0.2) is 16.3 Å². The quantitative estimate of drug-likeness (QED) is 0.689. The maximum atomic E-state index is 12.5. The molecule has 0 saturated carbocycles. The van der Waals surface area contributed by atoms with Crippen LogP contribution in [0.3, 0.4) is 0 Å². The van der Waals surface area contributed by atoms with Gasteiger partial charge in [0.2, 0.25) is 5.43 Å². The number of carbonyl (C=O) groups is 1. The van der Waals surface area contributed by atoms with E-state index in [4.69, 9.17) is 0 Å². The molecule has 1 aliphatic heterocycles. The highest BCUT2D eigenvalue weighted by Crippen LogP contribution is 2.21. The SMILES string of the molecule is C[C@@H]1CN(c2cnc3c(=O)c(C(=O)O)cn(-c4nccs4)c3n2)C[C@H](C)N1. The number of anilines is 1. The summed E-state index contributed by atoms with van der Waals surface area (Å²) in [4.78, 5) is 39.3. The Bertz CT molecular complexity index is 1050. The molecule has 3 aromatic rings. The molecule has 0 spiro atoms. The molecule has 4 rings (SSSR count). The minimum absolute atomic E-state index is 0.0186. The third kappa shape index (κ3) is 3.17. The van der Waals surface area contributed by atoms with Crippen LogP contribution in [-0.4, -0.2) is 55.8 Å². The van der Waals surface area contributed by atoms with E-state index in [0.29, 0.717) is 28.7 Å². The molecular formula is C17H18N6O3S. The van der Waals surface area contributed by atoms with Crippen LogP contribution in [-0.2, 0) is 0 Å². The van der Waals surface area contributed by atoms with Gasteiger partial charge in [-0.3, -0.25) is 9.36 Å². The first-order chi connectivity index (χ1) is 12.9. The number of rotatable bonds is 3. The molecule has 4 heterocycles. The van der Waals surface area contributed by atoms with Crippen LogP contribution in [0.25, 0.3) is 16.3 Å². The van der Waals surface area contributed by atoms with Gasteiger partial charge in [-0.15, -0.1) is 11.3 Å². The number of fused-ring (bicyclic) bond motifs is 1. The normalized spacial score (nSPS) is 20.1. The van der Waals surface area contributed by atoms with Gasteiger partial charge >= 0.3 is 5.97 Å². The summed E-state index contributed by atoms with van der Waals surface area (Å²) >= 11 is 1.32. The summed E-state index contributed by atoms with van der Waals surface area (Å²) < 4.78 is 1.52. The fourth-order valence-electron chi connectivity index (χ4n) is 3.37. The monoisotopic (exact) mass is 386 g/mol. The molecule has 2 N–H and O–H groups in total. The largest absolute Gasteiger partial charge is 0.477 e. The van der Waals surface area contributed by atoms with Crippen molar-refractivity contribution in [3.63, 3.8) is 0 Å². The lowest BCUT2D eigenvalue weighted by molar-refractivity contribution is 0.0695. The summed E-state index contributed by atoms with van der Waals surface area (Å²) in [6.07, 6.45) is 4.42. The van der Waals surface area contributed by atoms with Crippen LogP contribution >= 0.6 is 11.3 Å². The first-order valence-corrected chi connectivity index (χ1v) is 9.38. The van der Waals surface area contributed by atoms with E-state index >= 15 is 0 Å². The van der Waals surface area contributed by atoms with E-state index in [1.165, 1.54) is 28.3 Å². The van der Waals surface area contributed by atoms with Crippen LogP contribution < -0.4 is 15.6 Å². The minimum Gasteiger partial charge on any atom is -0.477 e. The van der Waals surface area contributed by atoms with Crippen LogP contribution in [0, 0.1) is 0 Å². The molecule has 0 radical (unpaired) electrons. The molecule has 1 aliphatic rings. The molecular weight excluding hydrogens is 368 g/mol. The van der Waals surface area contributed by atoms with Crippen LogP contribution in [0.5, 0.6) is 0 Å². The average molecular weight is 386 g/mol. The van der Waals surface area contributed by atoms with Gasteiger partial charge in [-0.25, -0.2) is 19.7 Å². The third-order valence-corrected chi connectivity index (χ3v) is 5.20. The number of pyridine rings is 1. The van der Waals surface area contributed by atoms with Gasteiger partial charge in [0.1, 0.15) is 11.4 Å². The van der Waals surface area contributed by atoms with E-state index in [1.807, 2.05) is 0 Å². The van der Waals surface area contributed by atoms with Crippen molar-refractivity contribution in [3.8, 4) is 5.13 Å². The van der Waals surface area contributed by atoms with E-state index in [9.17, 15) is 14.7 Å². The first kappa shape index (κ1) is 17.6. The minimum atomic E-state index is -1.30. The Kier molecular flexibility index (Phi) is 4.36. The number of carboxylic acid groups (broad SMARTS) is 1. The Morgan fingerprint density at radius 2 is 2.04 bits per heavy atom. The zero-order chi connectivity index (χ0) is 19.1. The zero-order valence-electron chi connectivity index (χ0n) is 14.8. The van der Waals surface area contributed by atoms with E-state index in [0.717, 1.165) is 13.1 Å². The summed E-state index contributed by atoms with van der Waals surface area (Å²) in [6.45, 7) is 5.72. The van der Waals surface area contributed by atoms with Gasteiger partial charge in [0.25, 0.3) is 0 Å². The maximum Gasteiger partial charge on any atom is 0.341 e. The molecule has 27 heavy (non-hydrogen) atoms. The second-order valence-electron chi connectivity index (χ2n) is 6.64. The molecule has 0 aromatic carbocycles. The number of hydrogen-bond acceptors (Lipinski definition) is 8. The summed E-state index contributed by atoms with van der Waals surface area (Å²) in [5, 5.41) is 15.1. The summed E-state index contributed by atoms with van der Waals surface area (Å²) in [7, 11) is 0. The topological polar surface area (TPSA) is 113 Å². The smallest absolute Gasteiger partial charge is 0.341 e. The second kappa shape index (κ2) is 6.71. The van der Waals surface area contributed by atoms with Crippen molar-refractivity contribution in [2.75, 3.05) is 18.0 Å². The summed E-state index contributed by atoms with van der Waals surface area (Å²) in [6, 6.07) is 0.587. The molecule has 0 bridgehead atoms. The Hall–Kier alpha value is -2.85. The molecule has 9 nitrogen and oxygen atoms in total. The van der Waals surface area contributed by atoms with E-state index < -0.39 is 11.4 Å². The van der Waals surface area contributed by atoms with Gasteiger partial charge in [-0.05, 0) is 13.8 Å². The number of hydrogen-bond donors (Lipinski definition) is 2. The number of thiazole rings is 1. The van der Waals surface area contributed by atoms with E-state index in [1.54, 1.807) is 11.6 Å². The molecule has 140 valence electrons. The lowest BCUT2D eigenvalue weighted by atomic mass is 10.1. The lowest BCUT2D eigenvalue weighted by Gasteiger charge is -2.36. The predicted molar refractivity (Wildman–Crippen MR) is 102 cm³/mol. The van der Waals surface area contributed by atoms with Crippen LogP contribution in [0.2, 0.25) is 0 Å². The van der Waals surface area contributed by atoms with E-state index in [2.05, 4.69) is 39.0 Å². The molecule has 0 aliphatic carbocycles. The Balaban J connectivity index is 1.92. The number of nitrogens with zero attached hydrogens (tertiary/aromatic N) is 5. The highest BCUT2D eigenvalue weighted by molar-refractivity contribution is 7.12. The lowest BCUT2D eigenvalue weighted by Crippen LogP contribution is -2.54. The highest BCUT2D eigenvalue weighted by Gasteiger charge is 2.24. The summed E-state index contributed by atoms with van der Waals surface area (Å²) in [5.74, 6) is -0.654. The zero-order valence-corrected chi connectivity index (χ0v) is 15.6. The van der Waals surface area contributed by atoms with Crippen molar-refractivity contribution in [1.29, 1.82) is 0 Å². The fourth-order valence-corrected chi connectivity index (χ4v) is 3.99. The van der Waals surface area contributed by atoms with Crippen molar-refractivity contribution in [1.82, 2.24) is 24.8 Å². The fraction of sp³-hybridized carbons (Fsp3) is 0.353. The van der Waals surface area contributed by atoms with Crippen LogP contribution in [0.1, 0.15) is 24.2 Å². The number of piperazine rings is 1. The van der Waals surface area contributed by atoms with E-state index in [-0.39, 0.29) is 11.1 Å². The van der Waals surface area contributed by atoms with Crippen molar-refractivity contribution < 1.29 is 9.90 Å². The third-order valence-electron chi connectivity index (χ3n) is 4.42. The Morgan fingerprint density at radius 1 is 1.30 bits per heavy atom. The molecule has 0 amide bonds. The standard InChI is InChI=1S/C17H18N6O3S/c1-9-6-22(7-10(2)20-9)12-5-19-13-14(24)11(16(25)26)8-23(15(13)21-12)17-18-3-4-27-17/h3-5,8-10,20H,6-7H2,1-2H3,(H,25,26)/t9-,10+. The second-order valence-corrected chi connectivity index (χ2v) is 7.51. The molecule has 10 heteroatoms. The molecule has 3 aromatic heterocycles. The van der Waals surface area contributed by atoms with Crippen molar-refractivity contribution in [2.24, 2.45) is 0 Å². The number of aromatic carboxylic acids is 1. The Morgan fingerprint density at radius 3 is 2.67 bits per heavy atom. The van der Waals surface area contributed by atoms with Crippen LogP contribution in [0.15, 0.2) is 28.8 Å². The highest BCUT2D eigenvalue weighted by atomic mass is 32.1. The Labute approximate surface area is 158 Å². The molecule has 2 atom stereocenters. The van der Waals surface area contributed by atoms with Crippen molar-refractivity contribution in [2.45, 2.75) is 25.9 Å². The predicted octanol–water partition coefficient (Wildman–Crippen LogP) is 1.12. The molecule has 0 unspecified atom stereocenters. The van der Waals surface area contributed by atoms with Gasteiger partial charge < -0.3 is 15.3 Å². The van der Waals surface area contributed by atoms with Gasteiger partial charge in [-0.2, -0.15) is 0 Å². The summed E-state index contributed by atoms with van der Waals surface area (Å²) in [5.41, 5.74) is -0.683. The van der Waals surface area contributed by atoms with Crippen molar-refractivity contribution >= 4 is 34.3 Å². The number of carboxylic acids is 1. The molecule has 1 fully saturated rings.